The first-order valence-corrected chi connectivity index (χ1v) is 9.18. The summed E-state index contributed by atoms with van der Waals surface area (Å²) in [5.74, 6) is 0.201. The molecule has 25 heavy (non-hydrogen) atoms. The van der Waals surface area contributed by atoms with Gasteiger partial charge < -0.3 is 10.2 Å². The van der Waals surface area contributed by atoms with Crippen molar-refractivity contribution in [2.45, 2.75) is 45.2 Å². The Morgan fingerprint density at radius 3 is 2.80 bits per heavy atom. The molecule has 4 nitrogen and oxygen atoms in total. The molecule has 0 bridgehead atoms. The van der Waals surface area contributed by atoms with Crippen molar-refractivity contribution in [1.29, 1.82) is 0 Å². The number of hydrogen-bond donors (Lipinski definition) is 1. The van der Waals surface area contributed by atoms with Crippen molar-refractivity contribution in [2.24, 2.45) is 0 Å². The van der Waals surface area contributed by atoms with Gasteiger partial charge in [-0.3, -0.25) is 9.78 Å². The first-order valence-electron chi connectivity index (χ1n) is 9.18. The third kappa shape index (κ3) is 4.89. The number of aromatic nitrogens is 1. The highest BCUT2D eigenvalue weighted by molar-refractivity contribution is 5.79. The highest BCUT2D eigenvalue weighted by Crippen LogP contribution is 2.19. The van der Waals surface area contributed by atoms with Crippen molar-refractivity contribution in [1.82, 2.24) is 15.2 Å². The van der Waals surface area contributed by atoms with Crippen LogP contribution in [0.4, 0.5) is 0 Å². The summed E-state index contributed by atoms with van der Waals surface area (Å²) in [5.41, 5.74) is 3.25. The molecule has 4 heteroatoms. The normalized spacial score (nSPS) is 17.7. The molecule has 1 aliphatic rings. The number of aryl methyl sites for hydroxylation is 1. The smallest absolute Gasteiger partial charge is 0.227 e. The van der Waals surface area contributed by atoms with E-state index < -0.39 is 0 Å². The lowest BCUT2D eigenvalue weighted by molar-refractivity contribution is -0.133. The third-order valence-electron chi connectivity index (χ3n) is 4.97. The zero-order valence-corrected chi connectivity index (χ0v) is 14.9. The van der Waals surface area contributed by atoms with Gasteiger partial charge in [0, 0.05) is 12.2 Å². The molecule has 2 aromatic rings. The van der Waals surface area contributed by atoms with Crippen LogP contribution < -0.4 is 5.32 Å². The molecule has 1 amide bonds. The lowest BCUT2D eigenvalue weighted by Gasteiger charge is -2.31. The van der Waals surface area contributed by atoms with E-state index in [9.17, 15) is 4.79 Å². The van der Waals surface area contributed by atoms with E-state index in [1.165, 1.54) is 5.56 Å². The van der Waals surface area contributed by atoms with Gasteiger partial charge in [-0.1, -0.05) is 30.3 Å². The molecular weight excluding hydrogens is 310 g/mol. The molecule has 0 aliphatic carbocycles. The number of amides is 1. The third-order valence-corrected chi connectivity index (χ3v) is 4.97. The lowest BCUT2D eigenvalue weighted by atomic mass is 10.0. The van der Waals surface area contributed by atoms with E-state index in [2.05, 4.69) is 34.3 Å². The molecular formula is C21H27N3O. The minimum atomic E-state index is 0.201. The van der Waals surface area contributed by atoms with Gasteiger partial charge in [0.1, 0.15) is 0 Å². The standard InChI is InChI=1S/C21H27N3O/c1-17-7-2-3-8-18(17)15-21(25)24(16-19-9-4-5-13-23-19)20-10-6-12-22-14-11-20/h2-5,7-9,13,20,22H,6,10-12,14-16H2,1H3. The largest absolute Gasteiger partial charge is 0.333 e. The molecule has 2 heterocycles. The molecule has 1 N–H and O–H groups in total. The van der Waals surface area contributed by atoms with Crippen molar-refractivity contribution in [3.8, 4) is 0 Å². The van der Waals surface area contributed by atoms with Crippen LogP contribution in [0.5, 0.6) is 0 Å². The average Bonchev–Trinajstić information content (AvgIpc) is 2.92. The van der Waals surface area contributed by atoms with Crippen molar-refractivity contribution in [2.75, 3.05) is 13.1 Å². The first kappa shape index (κ1) is 17.6. The number of nitrogens with one attached hydrogen (secondary N) is 1. The highest BCUT2D eigenvalue weighted by Gasteiger charge is 2.25. The van der Waals surface area contributed by atoms with Gasteiger partial charge in [0.25, 0.3) is 0 Å². The second-order valence-corrected chi connectivity index (χ2v) is 6.78. The van der Waals surface area contributed by atoms with Gasteiger partial charge >= 0.3 is 0 Å². The van der Waals surface area contributed by atoms with Crippen LogP contribution in [0.3, 0.4) is 0 Å². The molecule has 0 spiro atoms. The van der Waals surface area contributed by atoms with Gasteiger partial charge in [0.2, 0.25) is 5.91 Å². The summed E-state index contributed by atoms with van der Waals surface area (Å²) in [7, 11) is 0. The fraction of sp³-hybridized carbons (Fsp3) is 0.429. The minimum Gasteiger partial charge on any atom is -0.333 e. The molecule has 1 unspecified atom stereocenters. The first-order chi connectivity index (χ1) is 12.2. The lowest BCUT2D eigenvalue weighted by Crippen LogP contribution is -2.41. The molecule has 1 atom stereocenters. The van der Waals surface area contributed by atoms with Crippen LogP contribution >= 0.6 is 0 Å². The van der Waals surface area contributed by atoms with E-state index in [4.69, 9.17) is 0 Å². The molecule has 1 aromatic carbocycles. The summed E-state index contributed by atoms with van der Waals surface area (Å²) in [6.07, 6.45) is 5.43. The Labute approximate surface area is 150 Å². The van der Waals surface area contributed by atoms with Crippen molar-refractivity contribution in [3.63, 3.8) is 0 Å². The second kappa shape index (κ2) is 8.77. The zero-order chi connectivity index (χ0) is 17.5. The summed E-state index contributed by atoms with van der Waals surface area (Å²) in [6.45, 7) is 4.68. The molecule has 3 rings (SSSR count). The van der Waals surface area contributed by atoms with Crippen molar-refractivity contribution in [3.05, 3.63) is 65.5 Å². The van der Waals surface area contributed by atoms with Gasteiger partial charge in [-0.15, -0.1) is 0 Å². The Morgan fingerprint density at radius 1 is 1.16 bits per heavy atom. The topological polar surface area (TPSA) is 45.2 Å². The van der Waals surface area contributed by atoms with Crippen LogP contribution in [0.25, 0.3) is 0 Å². The fourth-order valence-corrected chi connectivity index (χ4v) is 3.47. The van der Waals surface area contributed by atoms with E-state index in [1.807, 2.05) is 30.3 Å². The van der Waals surface area contributed by atoms with Crippen LogP contribution in [0, 0.1) is 6.92 Å². The van der Waals surface area contributed by atoms with Gasteiger partial charge in [-0.05, 0) is 62.5 Å². The van der Waals surface area contributed by atoms with Crippen LogP contribution in [0.2, 0.25) is 0 Å². The highest BCUT2D eigenvalue weighted by atomic mass is 16.2. The Kier molecular flexibility index (Phi) is 6.18. The maximum absolute atomic E-state index is 13.2. The van der Waals surface area contributed by atoms with Gasteiger partial charge in [0.15, 0.2) is 0 Å². The number of carbonyl (C=O) groups excluding carboxylic acids is 1. The Hall–Kier alpha value is -2.20. The van der Waals surface area contributed by atoms with E-state index in [1.54, 1.807) is 6.20 Å². The number of rotatable bonds is 5. The maximum Gasteiger partial charge on any atom is 0.227 e. The second-order valence-electron chi connectivity index (χ2n) is 6.78. The van der Waals surface area contributed by atoms with E-state index in [0.29, 0.717) is 13.0 Å². The zero-order valence-electron chi connectivity index (χ0n) is 14.9. The Morgan fingerprint density at radius 2 is 2.00 bits per heavy atom. The molecule has 0 radical (unpaired) electrons. The van der Waals surface area contributed by atoms with Crippen LogP contribution in [0.15, 0.2) is 48.7 Å². The molecule has 1 aliphatic heterocycles. The monoisotopic (exact) mass is 337 g/mol. The van der Waals surface area contributed by atoms with Crippen molar-refractivity contribution < 1.29 is 4.79 Å². The Balaban J connectivity index is 1.79. The Bertz CT molecular complexity index is 679. The number of benzene rings is 1. The molecule has 1 saturated heterocycles. The van der Waals surface area contributed by atoms with E-state index in [-0.39, 0.29) is 11.9 Å². The van der Waals surface area contributed by atoms with Crippen molar-refractivity contribution >= 4 is 5.91 Å². The molecule has 1 fully saturated rings. The number of nitrogens with zero attached hydrogens (tertiary/aromatic N) is 2. The van der Waals surface area contributed by atoms with Crippen LogP contribution in [-0.4, -0.2) is 34.9 Å². The summed E-state index contributed by atoms with van der Waals surface area (Å²) >= 11 is 0. The van der Waals surface area contributed by atoms with Gasteiger partial charge in [0.05, 0.1) is 18.7 Å². The van der Waals surface area contributed by atoms with Crippen LogP contribution in [0.1, 0.15) is 36.1 Å². The average molecular weight is 337 g/mol. The van der Waals surface area contributed by atoms with E-state index in [0.717, 1.165) is 43.6 Å². The summed E-state index contributed by atoms with van der Waals surface area (Å²) in [5, 5.41) is 3.44. The van der Waals surface area contributed by atoms with Gasteiger partial charge in [-0.25, -0.2) is 0 Å². The number of hydrogen-bond acceptors (Lipinski definition) is 3. The van der Waals surface area contributed by atoms with Crippen LogP contribution in [-0.2, 0) is 17.8 Å². The predicted octanol–water partition coefficient (Wildman–Crippen LogP) is 3.10. The minimum absolute atomic E-state index is 0.201. The molecule has 0 saturated carbocycles. The molecule has 132 valence electrons. The number of carbonyl (C=O) groups is 1. The quantitative estimate of drug-likeness (QED) is 0.912. The summed E-state index contributed by atoms with van der Waals surface area (Å²) < 4.78 is 0. The van der Waals surface area contributed by atoms with E-state index >= 15 is 0 Å². The summed E-state index contributed by atoms with van der Waals surface area (Å²) in [6, 6.07) is 14.3. The fourth-order valence-electron chi connectivity index (χ4n) is 3.47. The molecule has 1 aromatic heterocycles. The van der Waals surface area contributed by atoms with Gasteiger partial charge in [-0.2, -0.15) is 0 Å². The maximum atomic E-state index is 13.2. The predicted molar refractivity (Wildman–Crippen MR) is 100 cm³/mol. The SMILES string of the molecule is Cc1ccccc1CC(=O)N(Cc1ccccn1)C1CCCNCC1. The summed E-state index contributed by atoms with van der Waals surface area (Å²) in [4.78, 5) is 19.7. The number of pyridine rings is 1.